The van der Waals surface area contributed by atoms with Crippen LogP contribution in [0.25, 0.3) is 0 Å². The predicted molar refractivity (Wildman–Crippen MR) is 85.8 cm³/mol. The summed E-state index contributed by atoms with van der Waals surface area (Å²) in [6.45, 7) is 0. The van der Waals surface area contributed by atoms with Gasteiger partial charge in [0.1, 0.15) is 0 Å². The Labute approximate surface area is 171 Å². The van der Waals surface area contributed by atoms with Gasteiger partial charge in [-0.05, 0) is 24.3 Å². The molecule has 0 unspecified atom stereocenters. The molecule has 2 aliphatic heterocycles. The highest BCUT2D eigenvalue weighted by atomic mass is 19.4. The molecule has 0 saturated heterocycles. The Morgan fingerprint density at radius 3 is 1.22 bits per heavy atom. The van der Waals surface area contributed by atoms with Gasteiger partial charge in [-0.25, -0.2) is 19.2 Å². The maximum atomic E-state index is 13.6. The second-order valence-corrected chi connectivity index (χ2v) is 6.57. The lowest BCUT2D eigenvalue weighted by atomic mass is 9.89. The van der Waals surface area contributed by atoms with Crippen LogP contribution in [0.4, 0.5) is 26.3 Å². The number of ether oxygens (including phenoxy) is 2. The monoisotopic (exact) mass is 458 g/mol. The van der Waals surface area contributed by atoms with Crippen molar-refractivity contribution < 1.29 is 59.8 Å². The molecule has 164 valence electrons. The second-order valence-electron chi connectivity index (χ2n) is 6.57. The Hall–Kier alpha value is -4.03. The molecule has 0 spiro atoms. The van der Waals surface area contributed by atoms with Crippen molar-refractivity contribution in [2.45, 2.75) is 12.4 Å². The molecule has 2 aromatic rings. The van der Waals surface area contributed by atoms with Crippen LogP contribution in [0.15, 0.2) is 24.3 Å². The molecule has 0 fully saturated rings. The highest BCUT2D eigenvalue weighted by Crippen LogP contribution is 2.40. The van der Waals surface area contributed by atoms with Crippen molar-refractivity contribution in [3.63, 3.8) is 0 Å². The third kappa shape index (κ3) is 3.13. The standard InChI is InChI=1S/C19H4F6O7/c20-18(21,22)9-3-5-1-7-11(9)16(29)32-17(30)12-8(15(28)31-14(7)27)2-6(13(5)26)4-10(12)19(23,24)25/h1-4H. The zero-order valence-corrected chi connectivity index (χ0v) is 14.9. The van der Waals surface area contributed by atoms with Gasteiger partial charge >= 0.3 is 36.2 Å². The lowest BCUT2D eigenvalue weighted by Crippen LogP contribution is -2.30. The molecule has 2 heterocycles. The highest BCUT2D eigenvalue weighted by Gasteiger charge is 2.45. The third-order valence-corrected chi connectivity index (χ3v) is 4.63. The van der Waals surface area contributed by atoms with E-state index in [1.165, 1.54) is 0 Å². The molecule has 32 heavy (non-hydrogen) atoms. The maximum absolute atomic E-state index is 13.6. The van der Waals surface area contributed by atoms with Gasteiger partial charge in [0.2, 0.25) is 0 Å². The molecular weight excluding hydrogens is 454 g/mol. The summed E-state index contributed by atoms with van der Waals surface area (Å²) in [6.07, 6.45) is -10.8. The summed E-state index contributed by atoms with van der Waals surface area (Å²) in [6, 6.07) is 1.10. The van der Waals surface area contributed by atoms with Crippen molar-refractivity contribution in [1.29, 1.82) is 0 Å². The number of carbonyl (C=O) groups excluding carboxylic acids is 5. The highest BCUT2D eigenvalue weighted by molar-refractivity contribution is 6.20. The smallest absolute Gasteiger partial charge is 0.386 e. The van der Waals surface area contributed by atoms with Crippen LogP contribution in [0.1, 0.15) is 68.5 Å². The number of halogens is 6. The van der Waals surface area contributed by atoms with E-state index in [0.717, 1.165) is 0 Å². The minimum Gasteiger partial charge on any atom is -0.386 e. The Morgan fingerprint density at radius 1 is 0.531 bits per heavy atom. The van der Waals surface area contributed by atoms with Crippen molar-refractivity contribution >= 4 is 29.7 Å². The van der Waals surface area contributed by atoms with Crippen LogP contribution in [0.3, 0.4) is 0 Å². The zero-order valence-electron chi connectivity index (χ0n) is 14.9. The van der Waals surface area contributed by atoms with E-state index in [1.807, 2.05) is 0 Å². The molecule has 0 aliphatic carbocycles. The van der Waals surface area contributed by atoms with Crippen molar-refractivity contribution in [1.82, 2.24) is 0 Å². The van der Waals surface area contributed by atoms with Gasteiger partial charge in [-0.1, -0.05) is 0 Å². The third-order valence-electron chi connectivity index (χ3n) is 4.63. The second kappa shape index (κ2) is 6.48. The maximum Gasteiger partial charge on any atom is 0.417 e. The van der Waals surface area contributed by atoms with E-state index in [9.17, 15) is 50.3 Å². The predicted octanol–water partition coefficient (Wildman–Crippen LogP) is 3.58. The van der Waals surface area contributed by atoms with Crippen LogP contribution < -0.4 is 0 Å². The van der Waals surface area contributed by atoms with Gasteiger partial charge in [0.05, 0.1) is 33.4 Å². The summed E-state index contributed by atoms with van der Waals surface area (Å²) in [5.74, 6) is -9.45. The number of alkyl halides is 6. The molecule has 2 aromatic carbocycles. The minimum atomic E-state index is -5.38. The number of carbonyl (C=O) groups is 5. The SMILES string of the molecule is O=C1c2cc3c(c(C(F)(F)F)c2)C(=O)OC(=O)c2c(cc1cc2C(F)(F)F)C(=O)OC3=O. The topological polar surface area (TPSA) is 104 Å². The number of fused-ring (bicyclic) bond motifs is 4. The molecule has 0 saturated carbocycles. The molecule has 0 radical (unpaired) electrons. The average Bonchev–Trinajstić information content (AvgIpc) is 2.68. The molecule has 13 heteroatoms. The van der Waals surface area contributed by atoms with Crippen LogP contribution in [-0.4, -0.2) is 29.7 Å². The minimum absolute atomic E-state index is 0.117. The van der Waals surface area contributed by atoms with Crippen LogP contribution >= 0.6 is 0 Å². The van der Waals surface area contributed by atoms with E-state index < -0.39 is 86.5 Å². The molecule has 2 aliphatic rings. The van der Waals surface area contributed by atoms with E-state index in [2.05, 4.69) is 9.47 Å². The molecular formula is C19H4F6O7. The number of benzene rings is 2. The number of hydrogen-bond donors (Lipinski definition) is 0. The molecule has 0 atom stereocenters. The van der Waals surface area contributed by atoms with Gasteiger partial charge in [-0.3, -0.25) is 4.79 Å². The van der Waals surface area contributed by atoms with Crippen molar-refractivity contribution in [3.8, 4) is 0 Å². The number of hydrogen-bond acceptors (Lipinski definition) is 7. The van der Waals surface area contributed by atoms with E-state index >= 15 is 0 Å². The summed E-state index contributed by atoms with van der Waals surface area (Å²) >= 11 is 0. The lowest BCUT2D eigenvalue weighted by Gasteiger charge is -2.22. The lowest BCUT2D eigenvalue weighted by molar-refractivity contribution is -0.138. The van der Waals surface area contributed by atoms with E-state index in [1.54, 1.807) is 0 Å². The van der Waals surface area contributed by atoms with Gasteiger partial charge in [-0.15, -0.1) is 0 Å². The first-order chi connectivity index (χ1) is 14.7. The van der Waals surface area contributed by atoms with E-state index in [0.29, 0.717) is 12.1 Å². The molecule has 0 N–H and O–H groups in total. The van der Waals surface area contributed by atoms with Gasteiger partial charge in [-0.2, -0.15) is 26.3 Å². The fourth-order valence-corrected chi connectivity index (χ4v) is 3.30. The Kier molecular flexibility index (Phi) is 4.30. The van der Waals surface area contributed by atoms with Crippen molar-refractivity contribution in [2.75, 3.05) is 0 Å². The van der Waals surface area contributed by atoms with Gasteiger partial charge < -0.3 is 9.47 Å². The van der Waals surface area contributed by atoms with E-state index in [-0.39, 0.29) is 12.1 Å². The van der Waals surface area contributed by atoms with Crippen molar-refractivity contribution in [3.05, 3.63) is 68.8 Å². The van der Waals surface area contributed by atoms with Crippen LogP contribution in [-0.2, 0) is 21.8 Å². The quantitative estimate of drug-likeness (QED) is 0.338. The molecule has 4 bridgehead atoms. The van der Waals surface area contributed by atoms with Crippen LogP contribution in [0.5, 0.6) is 0 Å². The van der Waals surface area contributed by atoms with Gasteiger partial charge in [0.25, 0.3) is 0 Å². The number of ketones is 1. The average molecular weight is 458 g/mol. The Morgan fingerprint density at radius 2 is 0.875 bits per heavy atom. The first-order valence-electron chi connectivity index (χ1n) is 8.28. The largest absolute Gasteiger partial charge is 0.417 e. The first kappa shape index (κ1) is 21.2. The fraction of sp³-hybridized carbons (Fsp3) is 0.105. The van der Waals surface area contributed by atoms with Crippen LogP contribution in [0.2, 0.25) is 0 Å². The summed E-state index contributed by atoms with van der Waals surface area (Å²) in [4.78, 5) is 62.3. The first-order valence-corrected chi connectivity index (χ1v) is 8.28. The van der Waals surface area contributed by atoms with Crippen molar-refractivity contribution in [2.24, 2.45) is 0 Å². The number of esters is 4. The van der Waals surface area contributed by atoms with Gasteiger partial charge in [0.15, 0.2) is 5.78 Å². The van der Waals surface area contributed by atoms with Crippen LogP contribution in [0, 0.1) is 0 Å². The zero-order chi connectivity index (χ0) is 23.7. The molecule has 0 amide bonds. The Bertz CT molecular complexity index is 1190. The summed E-state index contributed by atoms with van der Waals surface area (Å²) in [7, 11) is 0. The fourth-order valence-electron chi connectivity index (χ4n) is 3.30. The summed E-state index contributed by atoms with van der Waals surface area (Å²) < 4.78 is 90.3. The molecule has 4 rings (SSSR count). The summed E-state index contributed by atoms with van der Waals surface area (Å²) in [5.41, 5.74) is -11.3. The molecule has 7 nitrogen and oxygen atoms in total. The van der Waals surface area contributed by atoms with E-state index in [4.69, 9.17) is 0 Å². The number of rotatable bonds is 0. The summed E-state index contributed by atoms with van der Waals surface area (Å²) in [5, 5.41) is 0. The number of cyclic esters (lactones) is 2. The normalized spacial score (nSPS) is 16.0. The molecule has 0 aromatic heterocycles. The Balaban J connectivity index is 2.25. The van der Waals surface area contributed by atoms with Gasteiger partial charge in [0, 0.05) is 11.1 Å².